The van der Waals surface area contributed by atoms with Crippen LogP contribution in [-0.4, -0.2) is 15.5 Å². The normalized spacial score (nSPS) is 19.1. The molecule has 1 aliphatic carbocycles. The molecule has 4 nitrogen and oxygen atoms in total. The molecule has 0 spiro atoms. The van der Waals surface area contributed by atoms with E-state index in [1.54, 1.807) is 0 Å². The smallest absolute Gasteiger partial charge is 0.227 e. The summed E-state index contributed by atoms with van der Waals surface area (Å²) in [6.45, 7) is 1.07. The largest absolute Gasteiger partial charge is 0.328 e. The zero-order valence-electron chi connectivity index (χ0n) is 13.0. The van der Waals surface area contributed by atoms with E-state index in [2.05, 4.69) is 16.0 Å². The Bertz CT molecular complexity index is 698. The van der Waals surface area contributed by atoms with E-state index in [9.17, 15) is 4.79 Å². The monoisotopic (exact) mass is 297 g/mol. The van der Waals surface area contributed by atoms with Crippen LogP contribution in [0.3, 0.4) is 0 Å². The number of carbonyl (C=O) groups excluding carboxylic acids is 1. The van der Waals surface area contributed by atoms with Crippen molar-refractivity contribution in [3.63, 3.8) is 0 Å². The standard InChI is InChI=1S/C18H23N3O/c22-18(13-6-3-4-7-13)19-14-9-10-16-15(12-14)20-17-8-2-1-5-11-21(16)17/h9-10,12-13H,1-8,11H2,(H,19,22). The molecule has 2 aliphatic rings. The Morgan fingerprint density at radius 2 is 2.00 bits per heavy atom. The van der Waals surface area contributed by atoms with Gasteiger partial charge in [-0.2, -0.15) is 0 Å². The van der Waals surface area contributed by atoms with Gasteiger partial charge in [0.15, 0.2) is 0 Å². The third-order valence-electron chi connectivity index (χ3n) is 5.10. The number of anilines is 1. The molecule has 4 heteroatoms. The number of hydrogen-bond donors (Lipinski definition) is 1. The maximum Gasteiger partial charge on any atom is 0.227 e. The molecule has 22 heavy (non-hydrogen) atoms. The molecule has 0 atom stereocenters. The number of imidazole rings is 1. The van der Waals surface area contributed by atoms with E-state index in [0.29, 0.717) is 0 Å². The lowest BCUT2D eigenvalue weighted by Crippen LogP contribution is -2.20. The highest BCUT2D eigenvalue weighted by Gasteiger charge is 2.23. The second-order valence-electron chi connectivity index (χ2n) is 6.66. The molecular formula is C18H23N3O. The molecule has 0 bridgehead atoms. The summed E-state index contributed by atoms with van der Waals surface area (Å²) >= 11 is 0. The summed E-state index contributed by atoms with van der Waals surface area (Å²) in [5, 5.41) is 3.08. The predicted molar refractivity (Wildman–Crippen MR) is 87.9 cm³/mol. The lowest BCUT2D eigenvalue weighted by Gasteiger charge is -2.10. The number of hydrogen-bond acceptors (Lipinski definition) is 2. The summed E-state index contributed by atoms with van der Waals surface area (Å²) in [6, 6.07) is 6.17. The van der Waals surface area contributed by atoms with Crippen LogP contribution in [0.5, 0.6) is 0 Å². The summed E-state index contributed by atoms with van der Waals surface area (Å²) in [5.74, 6) is 1.58. The molecule has 1 fully saturated rings. The van der Waals surface area contributed by atoms with E-state index in [4.69, 9.17) is 4.98 Å². The Labute approximate surface area is 130 Å². The fourth-order valence-corrected chi connectivity index (χ4v) is 3.86. The Hall–Kier alpha value is -1.84. The molecule has 0 unspecified atom stereocenters. The zero-order chi connectivity index (χ0) is 14.9. The lowest BCUT2D eigenvalue weighted by atomic mass is 10.1. The molecule has 1 N–H and O–H groups in total. The van der Waals surface area contributed by atoms with Crippen LogP contribution in [0.15, 0.2) is 18.2 Å². The van der Waals surface area contributed by atoms with Crippen molar-refractivity contribution in [1.29, 1.82) is 0 Å². The molecule has 1 aromatic carbocycles. The van der Waals surface area contributed by atoms with Gasteiger partial charge in [-0.15, -0.1) is 0 Å². The molecule has 2 heterocycles. The van der Waals surface area contributed by atoms with Gasteiger partial charge < -0.3 is 9.88 Å². The van der Waals surface area contributed by atoms with Crippen LogP contribution in [0.25, 0.3) is 11.0 Å². The molecule has 1 aliphatic heterocycles. The van der Waals surface area contributed by atoms with Gasteiger partial charge in [-0.3, -0.25) is 4.79 Å². The average Bonchev–Trinajstić information content (AvgIpc) is 3.10. The first-order valence-electron chi connectivity index (χ1n) is 8.61. The number of nitrogens with one attached hydrogen (secondary N) is 1. The van der Waals surface area contributed by atoms with Crippen LogP contribution in [0, 0.1) is 5.92 Å². The van der Waals surface area contributed by atoms with E-state index in [1.165, 1.54) is 43.4 Å². The molecule has 4 rings (SSSR count). The highest BCUT2D eigenvalue weighted by atomic mass is 16.1. The lowest BCUT2D eigenvalue weighted by molar-refractivity contribution is -0.119. The first kappa shape index (κ1) is 13.8. The third kappa shape index (κ3) is 2.51. The second kappa shape index (κ2) is 5.75. The maximum atomic E-state index is 12.3. The van der Waals surface area contributed by atoms with E-state index in [-0.39, 0.29) is 11.8 Å². The van der Waals surface area contributed by atoms with Gasteiger partial charge in [-0.25, -0.2) is 4.98 Å². The summed E-state index contributed by atoms with van der Waals surface area (Å²) in [5.41, 5.74) is 3.11. The fourth-order valence-electron chi connectivity index (χ4n) is 3.86. The van der Waals surface area contributed by atoms with E-state index in [0.717, 1.165) is 37.0 Å². The van der Waals surface area contributed by atoms with Crippen molar-refractivity contribution in [1.82, 2.24) is 9.55 Å². The van der Waals surface area contributed by atoms with E-state index < -0.39 is 0 Å². The number of rotatable bonds is 2. The number of aromatic nitrogens is 2. The predicted octanol–water partition coefficient (Wildman–Crippen LogP) is 3.89. The number of nitrogens with zero attached hydrogens (tertiary/aromatic N) is 2. The topological polar surface area (TPSA) is 46.9 Å². The number of fused-ring (bicyclic) bond motifs is 3. The highest BCUT2D eigenvalue weighted by Crippen LogP contribution is 2.28. The quantitative estimate of drug-likeness (QED) is 0.914. The third-order valence-corrected chi connectivity index (χ3v) is 5.10. The molecule has 0 saturated heterocycles. The second-order valence-corrected chi connectivity index (χ2v) is 6.66. The van der Waals surface area contributed by atoms with Crippen molar-refractivity contribution in [3.8, 4) is 0 Å². The van der Waals surface area contributed by atoms with Crippen molar-refractivity contribution < 1.29 is 4.79 Å². The van der Waals surface area contributed by atoms with Crippen LogP contribution < -0.4 is 5.32 Å². The van der Waals surface area contributed by atoms with Crippen molar-refractivity contribution in [2.75, 3.05) is 5.32 Å². The van der Waals surface area contributed by atoms with Crippen LogP contribution in [0.2, 0.25) is 0 Å². The minimum absolute atomic E-state index is 0.178. The number of benzene rings is 1. The first-order chi connectivity index (χ1) is 10.8. The highest BCUT2D eigenvalue weighted by molar-refractivity contribution is 5.94. The molecular weight excluding hydrogens is 274 g/mol. The van der Waals surface area contributed by atoms with Crippen molar-refractivity contribution in [2.45, 2.75) is 57.9 Å². The van der Waals surface area contributed by atoms with Crippen LogP contribution in [0.1, 0.15) is 50.8 Å². The first-order valence-corrected chi connectivity index (χ1v) is 8.61. The molecule has 2 aromatic rings. The Morgan fingerprint density at radius 3 is 2.86 bits per heavy atom. The minimum atomic E-state index is 0.178. The van der Waals surface area contributed by atoms with Crippen LogP contribution in [0.4, 0.5) is 5.69 Å². The van der Waals surface area contributed by atoms with Gasteiger partial charge in [-0.05, 0) is 43.9 Å². The van der Waals surface area contributed by atoms with Gasteiger partial charge in [0.05, 0.1) is 11.0 Å². The number of amides is 1. The van der Waals surface area contributed by atoms with Crippen LogP contribution in [-0.2, 0) is 17.8 Å². The van der Waals surface area contributed by atoms with Gasteiger partial charge >= 0.3 is 0 Å². The van der Waals surface area contributed by atoms with Gasteiger partial charge in [0.25, 0.3) is 0 Å². The number of aryl methyl sites for hydroxylation is 2. The molecule has 1 aromatic heterocycles. The Kier molecular flexibility index (Phi) is 3.60. The summed E-state index contributed by atoms with van der Waals surface area (Å²) in [4.78, 5) is 17.0. The van der Waals surface area contributed by atoms with Gasteiger partial charge in [0.1, 0.15) is 5.82 Å². The van der Waals surface area contributed by atoms with Gasteiger partial charge in [0.2, 0.25) is 5.91 Å². The Balaban J connectivity index is 1.59. The molecule has 0 radical (unpaired) electrons. The SMILES string of the molecule is O=C(Nc1ccc2c(c1)nc1n2CCCCC1)C1CCCC1. The van der Waals surface area contributed by atoms with Crippen molar-refractivity contribution in [2.24, 2.45) is 5.92 Å². The van der Waals surface area contributed by atoms with Crippen molar-refractivity contribution >= 4 is 22.6 Å². The summed E-state index contributed by atoms with van der Waals surface area (Å²) in [7, 11) is 0. The van der Waals surface area contributed by atoms with Crippen LogP contribution >= 0.6 is 0 Å². The van der Waals surface area contributed by atoms with Gasteiger partial charge in [-0.1, -0.05) is 19.3 Å². The Morgan fingerprint density at radius 1 is 1.14 bits per heavy atom. The minimum Gasteiger partial charge on any atom is -0.328 e. The molecule has 1 saturated carbocycles. The summed E-state index contributed by atoms with van der Waals surface area (Å²) in [6.07, 6.45) is 9.27. The maximum absolute atomic E-state index is 12.3. The van der Waals surface area contributed by atoms with Crippen molar-refractivity contribution in [3.05, 3.63) is 24.0 Å². The molecule has 1 amide bonds. The van der Waals surface area contributed by atoms with E-state index >= 15 is 0 Å². The van der Waals surface area contributed by atoms with E-state index in [1.807, 2.05) is 12.1 Å². The summed E-state index contributed by atoms with van der Waals surface area (Å²) < 4.78 is 2.35. The molecule has 116 valence electrons. The average molecular weight is 297 g/mol. The van der Waals surface area contributed by atoms with Gasteiger partial charge in [0, 0.05) is 24.6 Å². The zero-order valence-corrected chi connectivity index (χ0v) is 13.0. The number of carbonyl (C=O) groups is 1. The fraction of sp³-hybridized carbons (Fsp3) is 0.556.